The summed E-state index contributed by atoms with van der Waals surface area (Å²) in [6, 6.07) is 30.1. The number of nitrogens with zero attached hydrogens (tertiary/aromatic N) is 2. The van der Waals surface area contributed by atoms with Gasteiger partial charge in [-0.15, -0.1) is 0 Å². The Morgan fingerprint density at radius 1 is 0.591 bits per heavy atom. The van der Waals surface area contributed by atoms with Crippen molar-refractivity contribution in [2.75, 3.05) is 52.1 Å². The Bertz CT molecular complexity index is 2360. The van der Waals surface area contributed by atoms with Crippen LogP contribution in [0.15, 0.2) is 120 Å². The van der Waals surface area contributed by atoms with Crippen molar-refractivity contribution in [3.63, 3.8) is 0 Å². The minimum atomic E-state index is -4.29. The van der Waals surface area contributed by atoms with Crippen LogP contribution >= 0.6 is 0 Å². The van der Waals surface area contributed by atoms with Gasteiger partial charge in [-0.25, -0.2) is 16.8 Å². The fraction of sp³-hybridized carbons (Fsp3) is 0.404. The van der Waals surface area contributed by atoms with Gasteiger partial charge in [-0.2, -0.15) is 8.61 Å². The molecule has 0 aliphatic heterocycles. The molecule has 10 N–H and O–H groups in total. The summed E-state index contributed by atoms with van der Waals surface area (Å²) in [6.07, 6.45) is 1.74. The molecule has 4 aromatic carbocycles. The van der Waals surface area contributed by atoms with Crippen molar-refractivity contribution < 1.29 is 36.0 Å². The fourth-order valence-corrected chi connectivity index (χ4v) is 10.1. The van der Waals surface area contributed by atoms with Crippen molar-refractivity contribution in [3.8, 4) is 0 Å². The minimum Gasteiger partial charge on any atom is -0.369 e. The summed E-state index contributed by atoms with van der Waals surface area (Å²) >= 11 is 0. The zero-order chi connectivity index (χ0) is 48.1. The second-order valence-corrected chi connectivity index (χ2v) is 20.2. The summed E-state index contributed by atoms with van der Waals surface area (Å²) in [5, 5.41) is 11.7. The van der Waals surface area contributed by atoms with E-state index in [1.807, 2.05) is 60.7 Å². The molecule has 0 fully saturated rings. The van der Waals surface area contributed by atoms with E-state index >= 15 is 0 Å². The van der Waals surface area contributed by atoms with Gasteiger partial charge in [0.05, 0.1) is 29.8 Å². The lowest BCUT2D eigenvalue weighted by Gasteiger charge is -2.30. The molecule has 4 amide bonds. The number of sulfonamides is 2. The number of carbonyl (C=O) groups excluding carboxylic acids is 4. The monoisotopic (exact) mass is 947 g/mol. The zero-order valence-corrected chi connectivity index (χ0v) is 39.3. The van der Waals surface area contributed by atoms with Crippen LogP contribution in [0.2, 0.25) is 0 Å². The number of carbonyl (C=O) groups is 4. The van der Waals surface area contributed by atoms with E-state index in [4.69, 9.17) is 17.2 Å². The first-order valence-corrected chi connectivity index (χ1v) is 25.0. The largest absolute Gasteiger partial charge is 0.369 e. The van der Waals surface area contributed by atoms with Crippen LogP contribution in [0.25, 0.3) is 0 Å². The average molecular weight is 948 g/mol. The molecule has 4 aromatic rings. The first-order valence-electron chi connectivity index (χ1n) is 22.0. The lowest BCUT2D eigenvalue weighted by atomic mass is 10.0. The molecule has 17 nitrogen and oxygen atoms in total. The van der Waals surface area contributed by atoms with Gasteiger partial charge in [0, 0.05) is 31.7 Å². The van der Waals surface area contributed by atoms with Crippen molar-refractivity contribution in [2.24, 2.45) is 17.2 Å². The lowest BCUT2D eigenvalue weighted by Crippen LogP contribution is -2.56. The number of hydrogen-bond acceptors (Lipinski definition) is 11. The number of hydrogen-bond donors (Lipinski definition) is 7. The van der Waals surface area contributed by atoms with Crippen LogP contribution in [0, 0.1) is 6.92 Å². The molecule has 4 rings (SSSR count). The van der Waals surface area contributed by atoms with Crippen LogP contribution in [0.5, 0.6) is 0 Å². The predicted molar refractivity (Wildman–Crippen MR) is 256 cm³/mol. The molecule has 0 aliphatic carbocycles. The SMILES string of the molecule is CN[C@@H](Cc1ccccc1)C(=O)N[C@@H](Cc1ccccc1)CN(CC(=O)N[C@@H](CCCCN)C(=O)N[C@@H](Cc1ccccc1)CN(CC(N)=O)S(=O)(=O)c1ccc(C)cc1)S(=O)(=O)CCN. The smallest absolute Gasteiger partial charge is 0.243 e. The number of benzene rings is 4. The van der Waals surface area contributed by atoms with Crippen molar-refractivity contribution in [2.45, 2.75) is 74.5 Å². The summed E-state index contributed by atoms with van der Waals surface area (Å²) < 4.78 is 57.5. The Balaban J connectivity index is 1.62. The molecule has 0 aliphatic rings. The van der Waals surface area contributed by atoms with Crippen LogP contribution in [0.3, 0.4) is 0 Å². The van der Waals surface area contributed by atoms with Gasteiger partial charge in [-0.05, 0) is 87.9 Å². The van der Waals surface area contributed by atoms with Crippen molar-refractivity contribution in [1.82, 2.24) is 29.9 Å². The van der Waals surface area contributed by atoms with Crippen LogP contribution in [-0.4, -0.2) is 125 Å². The fourth-order valence-electron chi connectivity index (χ4n) is 7.39. The minimum absolute atomic E-state index is 0.0696. The number of nitrogens with one attached hydrogen (secondary N) is 4. The van der Waals surface area contributed by atoms with Gasteiger partial charge >= 0.3 is 0 Å². The summed E-state index contributed by atoms with van der Waals surface area (Å²) in [5.41, 5.74) is 20.4. The third kappa shape index (κ3) is 17.4. The van der Waals surface area contributed by atoms with E-state index in [-0.39, 0.29) is 49.7 Å². The van der Waals surface area contributed by atoms with E-state index in [2.05, 4.69) is 21.3 Å². The third-order valence-corrected chi connectivity index (χ3v) is 14.5. The molecule has 0 spiro atoms. The van der Waals surface area contributed by atoms with Crippen LogP contribution in [0.4, 0.5) is 0 Å². The number of likely N-dealkylation sites (N-methyl/N-ethyl adjacent to an activating group) is 1. The number of primary amides is 1. The van der Waals surface area contributed by atoms with Gasteiger partial charge in [0.1, 0.15) is 6.04 Å². The maximum atomic E-state index is 14.3. The van der Waals surface area contributed by atoms with Gasteiger partial charge in [0.15, 0.2) is 0 Å². The van der Waals surface area contributed by atoms with Gasteiger partial charge in [-0.3, -0.25) is 19.2 Å². The number of nitrogens with two attached hydrogens (primary N) is 3. The van der Waals surface area contributed by atoms with Gasteiger partial charge < -0.3 is 38.5 Å². The second kappa shape index (κ2) is 26.6. The van der Waals surface area contributed by atoms with E-state index in [1.54, 1.807) is 56.4 Å². The first-order chi connectivity index (χ1) is 31.5. The first kappa shape index (κ1) is 53.1. The molecule has 0 unspecified atom stereocenters. The quantitative estimate of drug-likeness (QED) is 0.0377. The van der Waals surface area contributed by atoms with Gasteiger partial charge in [0.25, 0.3) is 0 Å². The van der Waals surface area contributed by atoms with Crippen LogP contribution in [-0.2, 0) is 58.5 Å². The summed E-state index contributed by atoms with van der Waals surface area (Å²) in [4.78, 5) is 54.4. The number of rotatable bonds is 29. The van der Waals surface area contributed by atoms with Crippen molar-refractivity contribution in [1.29, 1.82) is 0 Å². The zero-order valence-electron chi connectivity index (χ0n) is 37.7. The van der Waals surface area contributed by atoms with E-state index in [0.717, 1.165) is 30.9 Å². The Hall–Kier alpha value is -5.54. The summed E-state index contributed by atoms with van der Waals surface area (Å²) in [5.74, 6) is -3.24. The molecule has 0 heterocycles. The van der Waals surface area contributed by atoms with E-state index in [9.17, 15) is 36.0 Å². The molecule has 19 heteroatoms. The lowest BCUT2D eigenvalue weighted by molar-refractivity contribution is -0.129. The standard InChI is InChI=1S/C47H65N9O8S2/c1-35-21-23-41(24-22-35)66(63,64)56(33-44(50)57)32-40(29-37-16-8-4-9-17-37)52-46(59)42(20-12-13-25-48)54-45(58)34-55(65(61,62)27-26-49)31-39(28-36-14-6-3-7-15-36)53-47(60)43(51-2)30-38-18-10-5-11-19-38/h3-11,14-19,21-24,39-40,42-43,51H,12-13,20,25-34,48-49H2,1-2H3,(H2,50,57)(H,52,59)(H,53,60)(H,54,58)/t39-,40-,42-,43-/m0/s1. The summed E-state index contributed by atoms with van der Waals surface area (Å²) in [6.45, 7) is -0.173. The number of amides is 4. The molecule has 0 bridgehead atoms. The molecule has 0 aromatic heterocycles. The predicted octanol–water partition coefficient (Wildman–Crippen LogP) is 0.961. The highest BCUT2D eigenvalue weighted by Gasteiger charge is 2.33. The highest BCUT2D eigenvalue weighted by atomic mass is 32.2. The Morgan fingerprint density at radius 2 is 1.08 bits per heavy atom. The highest BCUT2D eigenvalue weighted by molar-refractivity contribution is 7.89. The molecule has 66 heavy (non-hydrogen) atoms. The van der Waals surface area contributed by atoms with Gasteiger partial charge in [-0.1, -0.05) is 109 Å². The van der Waals surface area contributed by atoms with E-state index in [1.165, 1.54) is 12.1 Å². The Kier molecular flexibility index (Phi) is 21.4. The maximum absolute atomic E-state index is 14.3. The maximum Gasteiger partial charge on any atom is 0.243 e. The average Bonchev–Trinajstić information content (AvgIpc) is 3.28. The summed E-state index contributed by atoms with van der Waals surface area (Å²) in [7, 11) is -6.82. The van der Waals surface area contributed by atoms with Crippen molar-refractivity contribution in [3.05, 3.63) is 138 Å². The molecule has 0 saturated heterocycles. The second-order valence-electron chi connectivity index (χ2n) is 16.2. The number of aryl methyl sites for hydroxylation is 1. The topological polar surface area (TPSA) is 269 Å². The molecule has 0 saturated carbocycles. The van der Waals surface area contributed by atoms with E-state index in [0.29, 0.717) is 25.8 Å². The molecular weight excluding hydrogens is 883 g/mol. The Labute approximate surface area is 389 Å². The van der Waals surface area contributed by atoms with Crippen molar-refractivity contribution >= 4 is 43.7 Å². The van der Waals surface area contributed by atoms with Crippen LogP contribution in [0.1, 0.15) is 41.5 Å². The highest BCUT2D eigenvalue weighted by Crippen LogP contribution is 2.19. The Morgan fingerprint density at radius 3 is 1.55 bits per heavy atom. The third-order valence-electron chi connectivity index (χ3n) is 10.8. The van der Waals surface area contributed by atoms with E-state index < -0.39 is 80.8 Å². The van der Waals surface area contributed by atoms with Gasteiger partial charge in [0.2, 0.25) is 43.7 Å². The van der Waals surface area contributed by atoms with Crippen LogP contribution < -0.4 is 38.5 Å². The molecule has 4 atom stereocenters. The molecule has 0 radical (unpaired) electrons. The normalized spacial score (nSPS) is 13.7. The molecule has 358 valence electrons. The number of unbranched alkanes of at least 4 members (excludes halogenated alkanes) is 1. The molecular formula is C47H65N9O8S2.